The summed E-state index contributed by atoms with van der Waals surface area (Å²) in [5.41, 5.74) is 7.63. The van der Waals surface area contributed by atoms with Crippen molar-refractivity contribution in [1.82, 2.24) is 10.2 Å². The van der Waals surface area contributed by atoms with Crippen molar-refractivity contribution in [3.63, 3.8) is 0 Å². The van der Waals surface area contributed by atoms with Crippen molar-refractivity contribution in [2.24, 2.45) is 0 Å². The number of anilines is 2. The lowest BCUT2D eigenvalue weighted by Crippen LogP contribution is -2.22. The Morgan fingerprint density at radius 3 is 2.53 bits per heavy atom. The number of carbonyl (C=O) groups is 2. The fourth-order valence-corrected chi connectivity index (χ4v) is 1.55. The van der Waals surface area contributed by atoms with Crippen LogP contribution < -0.4 is 16.4 Å². The number of benzene rings is 1. The molecule has 1 aromatic carbocycles. The van der Waals surface area contributed by atoms with Gasteiger partial charge in [-0.2, -0.15) is 0 Å². The van der Waals surface area contributed by atoms with Gasteiger partial charge in [-0.05, 0) is 18.2 Å². The minimum absolute atomic E-state index is 0.0366. The molecule has 0 aliphatic carbocycles. The van der Waals surface area contributed by atoms with Gasteiger partial charge in [-0.25, -0.2) is 0 Å². The van der Waals surface area contributed by atoms with E-state index in [1.807, 2.05) is 0 Å². The maximum atomic E-state index is 11.7. The van der Waals surface area contributed by atoms with E-state index in [0.717, 1.165) is 5.69 Å². The Bertz CT molecular complexity index is 472. The van der Waals surface area contributed by atoms with Crippen LogP contribution in [0.2, 0.25) is 0 Å². The first-order chi connectivity index (χ1) is 8.95. The number of nitrogen functional groups attached to an aromatic ring is 1. The molecule has 0 radical (unpaired) electrons. The Hall–Kier alpha value is -2.24. The second kappa shape index (κ2) is 6.63. The molecule has 1 rings (SSSR count). The number of nitrogens with one attached hydrogen (secondary N) is 2. The lowest BCUT2D eigenvalue weighted by Gasteiger charge is -2.13. The van der Waals surface area contributed by atoms with Crippen LogP contribution in [0.15, 0.2) is 18.2 Å². The van der Waals surface area contributed by atoms with Gasteiger partial charge in [0.1, 0.15) is 0 Å². The minimum Gasteiger partial charge on any atom is -0.397 e. The molecular formula is C13H20N4O2. The van der Waals surface area contributed by atoms with Crippen molar-refractivity contribution in [2.75, 3.05) is 38.7 Å². The first-order valence-electron chi connectivity index (χ1n) is 6.01. The molecule has 2 amide bonds. The monoisotopic (exact) mass is 264 g/mol. The summed E-state index contributed by atoms with van der Waals surface area (Å²) in [7, 11) is 4.97. The largest absolute Gasteiger partial charge is 0.397 e. The Balaban J connectivity index is 2.67. The molecular weight excluding hydrogens is 244 g/mol. The summed E-state index contributed by atoms with van der Waals surface area (Å²) in [5, 5.41) is 5.60. The van der Waals surface area contributed by atoms with Gasteiger partial charge in [-0.1, -0.05) is 0 Å². The molecule has 0 fully saturated rings. The molecule has 0 unspecified atom stereocenters. The number of rotatable bonds is 5. The summed E-state index contributed by atoms with van der Waals surface area (Å²) in [6.45, 7) is 0.491. The highest BCUT2D eigenvalue weighted by molar-refractivity contribution is 5.95. The van der Waals surface area contributed by atoms with E-state index in [2.05, 4.69) is 10.6 Å². The highest BCUT2D eigenvalue weighted by Gasteiger charge is 2.09. The first kappa shape index (κ1) is 14.8. The van der Waals surface area contributed by atoms with E-state index in [1.165, 1.54) is 4.90 Å². The number of nitrogens with zero attached hydrogens (tertiary/aromatic N) is 1. The van der Waals surface area contributed by atoms with Crippen molar-refractivity contribution in [3.05, 3.63) is 23.8 Å². The smallest absolute Gasteiger partial charge is 0.253 e. The Labute approximate surface area is 113 Å². The Morgan fingerprint density at radius 2 is 2.00 bits per heavy atom. The summed E-state index contributed by atoms with van der Waals surface area (Å²) >= 11 is 0. The normalized spacial score (nSPS) is 9.84. The van der Waals surface area contributed by atoms with Crippen LogP contribution in [0.5, 0.6) is 0 Å². The van der Waals surface area contributed by atoms with Crippen molar-refractivity contribution < 1.29 is 9.59 Å². The lowest BCUT2D eigenvalue weighted by atomic mass is 10.1. The van der Waals surface area contributed by atoms with Gasteiger partial charge in [0.05, 0.1) is 11.4 Å². The second-order valence-electron chi connectivity index (χ2n) is 4.35. The standard InChI is InChI=1S/C13H20N4O2/c1-15-12(18)6-7-16-11-5-4-9(8-10(11)14)13(19)17(2)3/h4-5,8,16H,6-7,14H2,1-3H3,(H,15,18). The third-order valence-electron chi connectivity index (χ3n) is 2.65. The average Bonchev–Trinajstić information content (AvgIpc) is 2.39. The van der Waals surface area contributed by atoms with Gasteiger partial charge >= 0.3 is 0 Å². The number of hydrogen-bond donors (Lipinski definition) is 3. The third-order valence-corrected chi connectivity index (χ3v) is 2.65. The molecule has 0 aliphatic heterocycles. The zero-order chi connectivity index (χ0) is 14.4. The number of nitrogens with two attached hydrogens (primary N) is 1. The van der Waals surface area contributed by atoms with E-state index in [-0.39, 0.29) is 11.8 Å². The molecule has 1 aromatic rings. The van der Waals surface area contributed by atoms with Crippen molar-refractivity contribution in [1.29, 1.82) is 0 Å². The number of amides is 2. The maximum absolute atomic E-state index is 11.7. The minimum atomic E-state index is -0.0939. The van der Waals surface area contributed by atoms with Gasteiger partial charge in [-0.3, -0.25) is 9.59 Å². The summed E-state index contributed by atoms with van der Waals surface area (Å²) in [5.74, 6) is -0.130. The zero-order valence-corrected chi connectivity index (χ0v) is 11.5. The molecule has 0 spiro atoms. The van der Waals surface area contributed by atoms with Gasteiger partial charge in [0.15, 0.2) is 0 Å². The molecule has 0 atom stereocenters. The molecule has 104 valence electrons. The van der Waals surface area contributed by atoms with E-state index in [9.17, 15) is 9.59 Å². The van der Waals surface area contributed by atoms with Crippen LogP contribution in [-0.4, -0.2) is 44.4 Å². The van der Waals surface area contributed by atoms with Crippen molar-refractivity contribution in [2.45, 2.75) is 6.42 Å². The lowest BCUT2D eigenvalue weighted by molar-refractivity contribution is -0.120. The van der Waals surface area contributed by atoms with Crippen LogP contribution >= 0.6 is 0 Å². The van der Waals surface area contributed by atoms with Crippen LogP contribution in [0.25, 0.3) is 0 Å². The zero-order valence-electron chi connectivity index (χ0n) is 11.5. The summed E-state index contributed by atoms with van der Waals surface area (Å²) in [4.78, 5) is 24.3. The van der Waals surface area contributed by atoms with E-state index < -0.39 is 0 Å². The molecule has 0 aromatic heterocycles. The van der Waals surface area contributed by atoms with Gasteiger partial charge in [0.25, 0.3) is 5.91 Å². The quantitative estimate of drug-likeness (QED) is 0.677. The predicted molar refractivity (Wildman–Crippen MR) is 76.0 cm³/mol. The maximum Gasteiger partial charge on any atom is 0.253 e. The van der Waals surface area contributed by atoms with Crippen LogP contribution in [0.1, 0.15) is 16.8 Å². The fourth-order valence-electron chi connectivity index (χ4n) is 1.55. The number of hydrogen-bond acceptors (Lipinski definition) is 4. The van der Waals surface area contributed by atoms with E-state index >= 15 is 0 Å². The molecule has 6 nitrogen and oxygen atoms in total. The number of carbonyl (C=O) groups excluding carboxylic acids is 2. The summed E-state index contributed by atoms with van der Waals surface area (Å²) in [6.07, 6.45) is 0.369. The van der Waals surface area contributed by atoms with Gasteiger partial charge < -0.3 is 21.3 Å². The van der Waals surface area contributed by atoms with Gasteiger partial charge in [-0.15, -0.1) is 0 Å². The molecule has 0 saturated heterocycles. The van der Waals surface area contributed by atoms with Crippen molar-refractivity contribution >= 4 is 23.2 Å². The third kappa shape index (κ3) is 4.17. The summed E-state index contributed by atoms with van der Waals surface area (Å²) in [6, 6.07) is 5.08. The topological polar surface area (TPSA) is 87.5 Å². The predicted octanol–water partition coefficient (Wildman–Crippen LogP) is 0.519. The van der Waals surface area contributed by atoms with E-state index in [1.54, 1.807) is 39.3 Å². The highest BCUT2D eigenvalue weighted by atomic mass is 16.2. The average molecular weight is 264 g/mol. The van der Waals surface area contributed by atoms with E-state index in [0.29, 0.717) is 24.2 Å². The molecule has 0 heterocycles. The highest BCUT2D eigenvalue weighted by Crippen LogP contribution is 2.20. The SMILES string of the molecule is CNC(=O)CCNc1ccc(C(=O)N(C)C)cc1N. The molecule has 0 saturated carbocycles. The first-order valence-corrected chi connectivity index (χ1v) is 6.01. The van der Waals surface area contributed by atoms with Gasteiger partial charge in [0, 0.05) is 39.7 Å². The Morgan fingerprint density at radius 1 is 1.32 bits per heavy atom. The van der Waals surface area contributed by atoms with Crippen molar-refractivity contribution in [3.8, 4) is 0 Å². The van der Waals surface area contributed by atoms with Gasteiger partial charge in [0.2, 0.25) is 5.91 Å². The molecule has 19 heavy (non-hydrogen) atoms. The molecule has 0 bridgehead atoms. The Kier molecular flexibility index (Phi) is 5.17. The second-order valence-corrected chi connectivity index (χ2v) is 4.35. The fraction of sp³-hybridized carbons (Fsp3) is 0.385. The molecule has 4 N–H and O–H groups in total. The van der Waals surface area contributed by atoms with Crippen LogP contribution in [-0.2, 0) is 4.79 Å². The van der Waals surface area contributed by atoms with Crippen LogP contribution in [0, 0.1) is 0 Å². The molecule has 6 heteroatoms. The molecule has 0 aliphatic rings. The van der Waals surface area contributed by atoms with Crippen LogP contribution in [0.4, 0.5) is 11.4 Å². The van der Waals surface area contributed by atoms with E-state index in [4.69, 9.17) is 5.73 Å². The summed E-state index contributed by atoms with van der Waals surface area (Å²) < 4.78 is 0. The van der Waals surface area contributed by atoms with Crippen LogP contribution in [0.3, 0.4) is 0 Å².